The third-order valence-electron chi connectivity index (χ3n) is 4.34. The number of carbonyl (C=O) groups is 1. The minimum Gasteiger partial charge on any atom is -0.492 e. The molecule has 0 aromatic heterocycles. The molecule has 1 unspecified atom stereocenters. The van der Waals surface area contributed by atoms with Crippen molar-refractivity contribution in [3.05, 3.63) is 71.4 Å². The number of likely N-dealkylation sites (N-methyl/N-ethyl adjacent to an activating group) is 1. The zero-order valence-electron chi connectivity index (χ0n) is 17.5. The number of halogens is 1. The van der Waals surface area contributed by atoms with Crippen LogP contribution in [0, 0.1) is 5.82 Å². The summed E-state index contributed by atoms with van der Waals surface area (Å²) >= 11 is 1.53. The van der Waals surface area contributed by atoms with Crippen LogP contribution >= 0.6 is 11.8 Å². The molecule has 0 fully saturated rings. The summed E-state index contributed by atoms with van der Waals surface area (Å²) in [6, 6.07) is 13.8. The maximum atomic E-state index is 12.9. The highest BCUT2D eigenvalue weighted by Crippen LogP contribution is 2.12. The number of amides is 1. The van der Waals surface area contributed by atoms with Gasteiger partial charge in [0.05, 0.1) is 6.54 Å². The van der Waals surface area contributed by atoms with Gasteiger partial charge in [-0.3, -0.25) is 4.79 Å². The van der Waals surface area contributed by atoms with Gasteiger partial charge in [-0.05, 0) is 54.3 Å². The first kappa shape index (κ1) is 24.9. The predicted octanol–water partition coefficient (Wildman–Crippen LogP) is 3.37. The van der Waals surface area contributed by atoms with Crippen LogP contribution in [0.15, 0.2) is 60.0 Å². The summed E-state index contributed by atoms with van der Waals surface area (Å²) in [4.78, 5) is 14.3. The number of sulfonamides is 1. The van der Waals surface area contributed by atoms with Crippen molar-refractivity contribution in [3.8, 4) is 5.75 Å². The molecular weight excluding hydrogens is 439 g/mol. The van der Waals surface area contributed by atoms with Crippen molar-refractivity contribution in [3.63, 3.8) is 0 Å². The Bertz CT molecular complexity index is 951. The molecule has 9 heteroatoms. The standard InChI is InChI=1S/C22H27FN2O4S2/c1-25(14-15-29-20-10-8-19(23)9-11-20)22(26)21(12-16-30-2)24-31(27,28)17-13-18-6-4-3-5-7-18/h3-11,13,17,21,24H,12,14-16H2,1-2H3/b17-13+. The van der Waals surface area contributed by atoms with E-state index in [2.05, 4.69) is 4.72 Å². The summed E-state index contributed by atoms with van der Waals surface area (Å²) in [5, 5.41) is 1.07. The molecule has 0 radical (unpaired) electrons. The SMILES string of the molecule is CSCCC(NS(=O)(=O)/C=C/c1ccccc1)C(=O)N(C)CCOc1ccc(F)cc1. The monoisotopic (exact) mass is 466 g/mol. The molecule has 1 N–H and O–H groups in total. The number of carbonyl (C=O) groups excluding carboxylic acids is 1. The highest BCUT2D eigenvalue weighted by Gasteiger charge is 2.25. The lowest BCUT2D eigenvalue weighted by molar-refractivity contribution is -0.132. The molecule has 0 heterocycles. The Labute approximate surface area is 187 Å². The quantitative estimate of drug-likeness (QED) is 0.519. The van der Waals surface area contributed by atoms with Crippen LogP contribution < -0.4 is 9.46 Å². The normalized spacial score (nSPS) is 12.6. The Hall–Kier alpha value is -2.36. The van der Waals surface area contributed by atoms with Gasteiger partial charge in [-0.25, -0.2) is 12.8 Å². The highest BCUT2D eigenvalue weighted by atomic mass is 32.2. The largest absolute Gasteiger partial charge is 0.492 e. The van der Waals surface area contributed by atoms with Crippen LogP contribution in [-0.4, -0.2) is 57.5 Å². The first-order valence-electron chi connectivity index (χ1n) is 9.68. The summed E-state index contributed by atoms with van der Waals surface area (Å²) in [7, 11) is -2.22. The molecule has 0 aliphatic carbocycles. The van der Waals surface area contributed by atoms with Crippen molar-refractivity contribution < 1.29 is 22.3 Å². The summed E-state index contributed by atoms with van der Waals surface area (Å²) in [6.45, 7) is 0.456. The Morgan fingerprint density at radius 3 is 2.52 bits per heavy atom. The molecule has 0 spiro atoms. The first-order valence-corrected chi connectivity index (χ1v) is 12.6. The van der Waals surface area contributed by atoms with E-state index in [9.17, 15) is 17.6 Å². The molecule has 31 heavy (non-hydrogen) atoms. The Kier molecular flexibility index (Phi) is 10.0. The molecule has 1 amide bonds. The molecule has 2 aromatic rings. The third-order valence-corrected chi connectivity index (χ3v) is 6.09. The number of hydrogen-bond donors (Lipinski definition) is 1. The molecule has 6 nitrogen and oxygen atoms in total. The van der Waals surface area contributed by atoms with Gasteiger partial charge in [0.25, 0.3) is 0 Å². The van der Waals surface area contributed by atoms with E-state index in [1.165, 1.54) is 47.0 Å². The van der Waals surface area contributed by atoms with E-state index in [-0.39, 0.29) is 24.9 Å². The van der Waals surface area contributed by atoms with Gasteiger partial charge in [0.15, 0.2) is 0 Å². The van der Waals surface area contributed by atoms with Gasteiger partial charge in [0, 0.05) is 12.5 Å². The second-order valence-electron chi connectivity index (χ2n) is 6.77. The van der Waals surface area contributed by atoms with Crippen molar-refractivity contribution in [1.82, 2.24) is 9.62 Å². The fourth-order valence-corrected chi connectivity index (χ4v) is 4.15. The number of rotatable bonds is 12. The molecule has 0 aliphatic rings. The van der Waals surface area contributed by atoms with E-state index in [0.29, 0.717) is 17.9 Å². The van der Waals surface area contributed by atoms with Gasteiger partial charge in [-0.15, -0.1) is 0 Å². The number of hydrogen-bond acceptors (Lipinski definition) is 5. The van der Waals surface area contributed by atoms with Crippen molar-refractivity contribution in [2.75, 3.05) is 32.2 Å². The number of thioether (sulfide) groups is 1. The molecule has 0 bridgehead atoms. The van der Waals surface area contributed by atoms with Crippen LogP contribution in [0.3, 0.4) is 0 Å². The lowest BCUT2D eigenvalue weighted by Gasteiger charge is -2.24. The zero-order valence-corrected chi connectivity index (χ0v) is 19.2. The van der Waals surface area contributed by atoms with Crippen LogP contribution in [-0.2, 0) is 14.8 Å². The number of nitrogens with one attached hydrogen (secondary N) is 1. The molecule has 2 aromatic carbocycles. The minimum atomic E-state index is -3.81. The van der Waals surface area contributed by atoms with Crippen molar-refractivity contribution in [1.29, 1.82) is 0 Å². The summed E-state index contributed by atoms with van der Waals surface area (Å²) in [5.41, 5.74) is 0.745. The molecule has 0 aliphatic heterocycles. The maximum absolute atomic E-state index is 12.9. The maximum Gasteiger partial charge on any atom is 0.240 e. The topological polar surface area (TPSA) is 75.7 Å². The van der Waals surface area contributed by atoms with E-state index in [4.69, 9.17) is 4.74 Å². The van der Waals surface area contributed by atoms with Gasteiger partial charge in [-0.1, -0.05) is 30.3 Å². The van der Waals surface area contributed by atoms with Gasteiger partial charge in [0.2, 0.25) is 15.9 Å². The molecule has 2 rings (SSSR count). The predicted molar refractivity (Wildman–Crippen MR) is 124 cm³/mol. The third kappa shape index (κ3) is 9.12. The van der Waals surface area contributed by atoms with E-state index >= 15 is 0 Å². The van der Waals surface area contributed by atoms with Crippen LogP contribution in [0.5, 0.6) is 5.75 Å². The second-order valence-corrected chi connectivity index (χ2v) is 9.36. The van der Waals surface area contributed by atoms with Gasteiger partial charge >= 0.3 is 0 Å². The summed E-state index contributed by atoms with van der Waals surface area (Å²) < 4.78 is 46.0. The number of benzene rings is 2. The fourth-order valence-electron chi connectivity index (χ4n) is 2.65. The lowest BCUT2D eigenvalue weighted by atomic mass is 10.2. The highest BCUT2D eigenvalue weighted by molar-refractivity contribution is 7.98. The summed E-state index contributed by atoms with van der Waals surface area (Å²) in [6.07, 6.45) is 3.74. The molecule has 168 valence electrons. The average Bonchev–Trinajstić information content (AvgIpc) is 2.76. The van der Waals surface area contributed by atoms with E-state index < -0.39 is 16.1 Å². The smallest absolute Gasteiger partial charge is 0.240 e. The lowest BCUT2D eigenvalue weighted by Crippen LogP contribution is -2.48. The van der Waals surface area contributed by atoms with E-state index in [1.807, 2.05) is 24.5 Å². The Morgan fingerprint density at radius 1 is 1.19 bits per heavy atom. The Morgan fingerprint density at radius 2 is 1.87 bits per heavy atom. The van der Waals surface area contributed by atoms with Crippen molar-refractivity contribution in [2.24, 2.45) is 0 Å². The van der Waals surface area contributed by atoms with Crippen LogP contribution in [0.1, 0.15) is 12.0 Å². The Balaban J connectivity index is 1.96. The fraction of sp³-hybridized carbons (Fsp3) is 0.318. The first-order chi connectivity index (χ1) is 14.8. The van der Waals surface area contributed by atoms with Crippen LogP contribution in [0.2, 0.25) is 0 Å². The van der Waals surface area contributed by atoms with Crippen LogP contribution in [0.25, 0.3) is 6.08 Å². The number of ether oxygens (including phenoxy) is 1. The molecule has 0 saturated carbocycles. The second kappa shape index (κ2) is 12.5. The van der Waals surface area contributed by atoms with E-state index in [0.717, 1.165) is 11.0 Å². The molecule has 0 saturated heterocycles. The van der Waals surface area contributed by atoms with Crippen molar-refractivity contribution in [2.45, 2.75) is 12.5 Å². The summed E-state index contributed by atoms with van der Waals surface area (Å²) in [5.74, 6) is 0.424. The van der Waals surface area contributed by atoms with Gasteiger partial charge < -0.3 is 9.64 Å². The van der Waals surface area contributed by atoms with E-state index in [1.54, 1.807) is 19.2 Å². The average molecular weight is 467 g/mol. The zero-order chi connectivity index (χ0) is 22.7. The van der Waals surface area contributed by atoms with Crippen LogP contribution in [0.4, 0.5) is 4.39 Å². The van der Waals surface area contributed by atoms with Crippen molar-refractivity contribution >= 4 is 33.8 Å². The number of nitrogens with zero attached hydrogens (tertiary/aromatic N) is 1. The van der Waals surface area contributed by atoms with Gasteiger partial charge in [-0.2, -0.15) is 16.5 Å². The van der Waals surface area contributed by atoms with Gasteiger partial charge in [0.1, 0.15) is 24.2 Å². The molecular formula is C22H27FN2O4S2. The minimum absolute atomic E-state index is 0.198. The molecule has 1 atom stereocenters.